The third kappa shape index (κ3) is 4.96. The average Bonchev–Trinajstić information content (AvgIpc) is 3.05. The molecule has 0 atom stereocenters. The van der Waals surface area contributed by atoms with Gasteiger partial charge in [0, 0.05) is 10.7 Å². The van der Waals surface area contributed by atoms with E-state index in [0.29, 0.717) is 16.3 Å². The second kappa shape index (κ2) is 9.73. The van der Waals surface area contributed by atoms with Crippen LogP contribution in [0.2, 0.25) is 10.0 Å². The maximum Gasteiger partial charge on any atom is 0.341 e. The van der Waals surface area contributed by atoms with Gasteiger partial charge >= 0.3 is 5.97 Å². The van der Waals surface area contributed by atoms with Crippen molar-refractivity contribution in [2.24, 2.45) is 0 Å². The fourth-order valence-electron chi connectivity index (χ4n) is 3.06. The molecule has 32 heavy (non-hydrogen) atoms. The van der Waals surface area contributed by atoms with Crippen LogP contribution >= 0.6 is 34.5 Å². The van der Waals surface area contributed by atoms with Gasteiger partial charge in [-0.15, -0.1) is 11.3 Å². The number of aryl methyl sites for hydroxylation is 2. The Bertz CT molecular complexity index is 1240. The van der Waals surface area contributed by atoms with Gasteiger partial charge in [0.1, 0.15) is 5.00 Å². The first-order valence-corrected chi connectivity index (χ1v) is 11.1. The Kier molecular flexibility index (Phi) is 7.23. The molecule has 0 radical (unpaired) electrons. The van der Waals surface area contributed by atoms with E-state index in [1.807, 2.05) is 32.0 Å². The zero-order valence-electron chi connectivity index (χ0n) is 17.8. The van der Waals surface area contributed by atoms with Gasteiger partial charge in [0.05, 0.1) is 28.1 Å². The number of anilines is 2. The van der Waals surface area contributed by atoms with Crippen molar-refractivity contribution in [3.63, 3.8) is 0 Å². The van der Waals surface area contributed by atoms with Gasteiger partial charge in [0.15, 0.2) is 0 Å². The summed E-state index contributed by atoms with van der Waals surface area (Å²) in [7, 11) is 1.23. The van der Waals surface area contributed by atoms with Gasteiger partial charge < -0.3 is 15.4 Å². The van der Waals surface area contributed by atoms with Crippen LogP contribution in [0.1, 0.15) is 47.1 Å². The molecule has 0 aliphatic heterocycles. The molecule has 1 aromatic heterocycles. The SMILES string of the molecule is COC(=O)c1c(NC(=O)c2ccc(Cl)cc2Cl)sc(C(=O)Nc2cc(C)ccc2C)c1C. The standard InChI is InChI=1S/C23H20Cl2N2O4S/c1-11-5-6-12(2)17(9-11)26-21(29)19-13(3)18(23(30)31-4)22(32-19)27-20(28)15-8-7-14(24)10-16(15)25/h5-10H,1-4H3,(H,26,29)(H,27,28). The van der Waals surface area contributed by atoms with E-state index in [9.17, 15) is 14.4 Å². The number of hydrogen-bond acceptors (Lipinski definition) is 5. The van der Waals surface area contributed by atoms with Gasteiger partial charge in [-0.2, -0.15) is 0 Å². The van der Waals surface area contributed by atoms with Gasteiger partial charge in [-0.1, -0.05) is 35.3 Å². The molecule has 3 rings (SSSR count). The van der Waals surface area contributed by atoms with Crippen molar-refractivity contribution in [3.8, 4) is 0 Å². The van der Waals surface area contributed by atoms with E-state index in [0.717, 1.165) is 22.5 Å². The lowest BCUT2D eigenvalue weighted by molar-refractivity contribution is 0.0601. The van der Waals surface area contributed by atoms with Crippen molar-refractivity contribution >= 4 is 63.0 Å². The lowest BCUT2D eigenvalue weighted by Gasteiger charge is -2.09. The van der Waals surface area contributed by atoms with Crippen molar-refractivity contribution < 1.29 is 19.1 Å². The number of halogens is 2. The monoisotopic (exact) mass is 490 g/mol. The van der Waals surface area contributed by atoms with Crippen molar-refractivity contribution in [1.29, 1.82) is 0 Å². The number of methoxy groups -OCH3 is 1. The number of esters is 1. The van der Waals surface area contributed by atoms with E-state index in [1.54, 1.807) is 6.92 Å². The smallest absolute Gasteiger partial charge is 0.341 e. The zero-order chi connectivity index (χ0) is 23.6. The first-order chi connectivity index (χ1) is 15.1. The molecule has 0 bridgehead atoms. The van der Waals surface area contributed by atoms with Gasteiger partial charge in [0.2, 0.25) is 0 Å². The Morgan fingerprint density at radius 3 is 2.31 bits per heavy atom. The van der Waals surface area contributed by atoms with E-state index >= 15 is 0 Å². The van der Waals surface area contributed by atoms with E-state index in [4.69, 9.17) is 27.9 Å². The highest BCUT2D eigenvalue weighted by atomic mass is 35.5. The Morgan fingerprint density at radius 1 is 0.938 bits per heavy atom. The van der Waals surface area contributed by atoms with Crippen LogP contribution in [0.4, 0.5) is 10.7 Å². The van der Waals surface area contributed by atoms with Crippen molar-refractivity contribution in [2.45, 2.75) is 20.8 Å². The van der Waals surface area contributed by atoms with Gasteiger partial charge in [-0.3, -0.25) is 9.59 Å². The van der Waals surface area contributed by atoms with Crippen LogP contribution in [0, 0.1) is 20.8 Å². The number of carbonyl (C=O) groups is 3. The van der Waals surface area contributed by atoms with Crippen LogP contribution in [0.5, 0.6) is 0 Å². The maximum atomic E-state index is 13.0. The molecule has 0 aliphatic carbocycles. The molecule has 9 heteroatoms. The molecule has 2 N–H and O–H groups in total. The Balaban J connectivity index is 1.97. The van der Waals surface area contributed by atoms with Crippen molar-refractivity contribution in [1.82, 2.24) is 0 Å². The number of hydrogen-bond donors (Lipinski definition) is 2. The van der Waals surface area contributed by atoms with E-state index in [2.05, 4.69) is 10.6 Å². The highest BCUT2D eigenvalue weighted by Gasteiger charge is 2.27. The Labute approximate surface area is 199 Å². The molecule has 0 saturated carbocycles. The van der Waals surface area contributed by atoms with Crippen LogP contribution in [-0.4, -0.2) is 24.9 Å². The average molecular weight is 491 g/mol. The summed E-state index contributed by atoms with van der Waals surface area (Å²) >= 11 is 13.0. The molecule has 0 aliphatic rings. The lowest BCUT2D eigenvalue weighted by Crippen LogP contribution is -2.15. The summed E-state index contributed by atoms with van der Waals surface area (Å²) in [5, 5.41) is 6.29. The molecule has 0 saturated heterocycles. The minimum absolute atomic E-state index is 0.113. The second-order valence-corrected chi connectivity index (χ2v) is 8.97. The Morgan fingerprint density at radius 2 is 1.66 bits per heavy atom. The number of amides is 2. The normalized spacial score (nSPS) is 10.6. The lowest BCUT2D eigenvalue weighted by atomic mass is 10.1. The number of ether oxygens (including phenoxy) is 1. The maximum absolute atomic E-state index is 13.0. The summed E-state index contributed by atoms with van der Waals surface area (Å²) in [4.78, 5) is 38.5. The van der Waals surface area contributed by atoms with Crippen LogP contribution in [-0.2, 0) is 4.74 Å². The molecule has 3 aromatic rings. The van der Waals surface area contributed by atoms with Crippen LogP contribution in [0.25, 0.3) is 0 Å². The molecule has 0 unspecified atom stereocenters. The third-order valence-electron chi connectivity index (χ3n) is 4.79. The van der Waals surface area contributed by atoms with Gasteiger partial charge in [-0.25, -0.2) is 4.79 Å². The molecule has 2 aromatic carbocycles. The number of nitrogens with one attached hydrogen (secondary N) is 2. The number of rotatable bonds is 5. The topological polar surface area (TPSA) is 84.5 Å². The summed E-state index contributed by atoms with van der Waals surface area (Å²) in [6, 6.07) is 10.2. The molecule has 6 nitrogen and oxygen atoms in total. The first kappa shape index (κ1) is 23.8. The predicted octanol–water partition coefficient (Wildman–Crippen LogP) is 6.27. The highest BCUT2D eigenvalue weighted by molar-refractivity contribution is 7.19. The highest BCUT2D eigenvalue weighted by Crippen LogP contribution is 2.35. The van der Waals surface area contributed by atoms with Crippen molar-refractivity contribution in [2.75, 3.05) is 17.7 Å². The fourth-order valence-corrected chi connectivity index (χ4v) is 4.64. The second-order valence-electron chi connectivity index (χ2n) is 7.10. The molecular weight excluding hydrogens is 471 g/mol. The fraction of sp³-hybridized carbons (Fsp3) is 0.174. The van der Waals surface area contributed by atoms with Gasteiger partial charge in [0.25, 0.3) is 11.8 Å². The number of thiophene rings is 1. The van der Waals surface area contributed by atoms with E-state index in [1.165, 1.54) is 25.3 Å². The largest absolute Gasteiger partial charge is 0.465 e. The molecule has 2 amide bonds. The summed E-state index contributed by atoms with van der Waals surface area (Å²) < 4.78 is 4.87. The minimum Gasteiger partial charge on any atom is -0.465 e. The number of benzene rings is 2. The summed E-state index contributed by atoms with van der Waals surface area (Å²) in [6.45, 7) is 5.44. The predicted molar refractivity (Wildman–Crippen MR) is 129 cm³/mol. The first-order valence-electron chi connectivity index (χ1n) is 9.49. The van der Waals surface area contributed by atoms with E-state index < -0.39 is 17.8 Å². The summed E-state index contributed by atoms with van der Waals surface area (Å²) in [5.41, 5.74) is 3.26. The summed E-state index contributed by atoms with van der Waals surface area (Å²) in [5.74, 6) is -1.60. The summed E-state index contributed by atoms with van der Waals surface area (Å²) in [6.07, 6.45) is 0. The number of carbonyl (C=O) groups excluding carboxylic acids is 3. The van der Waals surface area contributed by atoms with Crippen LogP contribution in [0.3, 0.4) is 0 Å². The quantitative estimate of drug-likeness (QED) is 0.412. The van der Waals surface area contributed by atoms with Crippen molar-refractivity contribution in [3.05, 3.63) is 79.1 Å². The molecular formula is C23H20Cl2N2O4S. The minimum atomic E-state index is -0.665. The van der Waals surface area contributed by atoms with Crippen LogP contribution < -0.4 is 10.6 Å². The van der Waals surface area contributed by atoms with E-state index in [-0.39, 0.29) is 26.0 Å². The molecule has 1 heterocycles. The molecule has 166 valence electrons. The third-order valence-corrected chi connectivity index (χ3v) is 6.54. The van der Waals surface area contributed by atoms with Gasteiger partial charge in [-0.05, 0) is 61.7 Å². The zero-order valence-corrected chi connectivity index (χ0v) is 20.1. The Hall–Kier alpha value is -2.87. The molecule has 0 fully saturated rings. The molecule has 0 spiro atoms. The van der Waals surface area contributed by atoms with Crippen LogP contribution in [0.15, 0.2) is 36.4 Å².